The van der Waals surface area contributed by atoms with Gasteiger partial charge in [0, 0.05) is 6.54 Å². The molecule has 88 valence electrons. The molecule has 1 fully saturated rings. The SMILES string of the molecule is O=C1OC[C@@H]2C3=C(CCN12)C(O)C(O)CC3. The normalized spacial score (nSPS) is 38.2. The lowest BCUT2D eigenvalue weighted by molar-refractivity contribution is 0.0223. The van der Waals surface area contributed by atoms with Crippen LogP contribution in [0.4, 0.5) is 4.79 Å². The second kappa shape index (κ2) is 3.46. The van der Waals surface area contributed by atoms with Crippen LogP contribution in [-0.2, 0) is 4.74 Å². The molecule has 1 saturated heterocycles. The Kier molecular flexibility index (Phi) is 2.19. The summed E-state index contributed by atoms with van der Waals surface area (Å²) in [5, 5.41) is 19.5. The molecule has 1 aliphatic carbocycles. The smallest absolute Gasteiger partial charge is 0.410 e. The average molecular weight is 225 g/mol. The predicted molar refractivity (Wildman–Crippen MR) is 54.7 cm³/mol. The molecule has 2 aliphatic heterocycles. The number of cyclic esters (lactones) is 1. The summed E-state index contributed by atoms with van der Waals surface area (Å²) in [6, 6.07) is -0.00148. The molecule has 3 atom stereocenters. The number of amides is 1. The minimum atomic E-state index is -0.749. The monoisotopic (exact) mass is 225 g/mol. The fourth-order valence-corrected chi connectivity index (χ4v) is 2.96. The zero-order valence-corrected chi connectivity index (χ0v) is 8.93. The Labute approximate surface area is 93.3 Å². The van der Waals surface area contributed by atoms with Gasteiger partial charge in [-0.2, -0.15) is 0 Å². The van der Waals surface area contributed by atoms with E-state index in [0.29, 0.717) is 26.0 Å². The van der Waals surface area contributed by atoms with Gasteiger partial charge < -0.3 is 14.9 Å². The van der Waals surface area contributed by atoms with Crippen LogP contribution in [0.15, 0.2) is 11.1 Å². The van der Waals surface area contributed by atoms with Crippen LogP contribution in [0.5, 0.6) is 0 Å². The molecule has 0 spiro atoms. The van der Waals surface area contributed by atoms with Crippen molar-refractivity contribution >= 4 is 6.09 Å². The molecule has 0 bridgehead atoms. The lowest BCUT2D eigenvalue weighted by Crippen LogP contribution is -2.45. The van der Waals surface area contributed by atoms with Crippen molar-refractivity contribution in [1.82, 2.24) is 4.90 Å². The number of nitrogens with zero attached hydrogens (tertiary/aromatic N) is 1. The molecular weight excluding hydrogens is 210 g/mol. The second-order valence-corrected chi connectivity index (χ2v) is 4.64. The Morgan fingerprint density at radius 1 is 1.25 bits per heavy atom. The Balaban J connectivity index is 1.95. The van der Waals surface area contributed by atoms with Crippen molar-refractivity contribution in [1.29, 1.82) is 0 Å². The fraction of sp³-hybridized carbons (Fsp3) is 0.727. The first-order valence-electron chi connectivity index (χ1n) is 5.70. The number of fused-ring (bicyclic) bond motifs is 2. The maximum absolute atomic E-state index is 11.4. The molecule has 16 heavy (non-hydrogen) atoms. The van der Waals surface area contributed by atoms with Crippen molar-refractivity contribution in [2.75, 3.05) is 13.2 Å². The third-order valence-corrected chi connectivity index (χ3v) is 3.84. The maximum atomic E-state index is 11.4. The summed E-state index contributed by atoms with van der Waals surface area (Å²) in [6.07, 6.45) is 0.324. The highest BCUT2D eigenvalue weighted by atomic mass is 16.6. The van der Waals surface area contributed by atoms with Crippen LogP contribution < -0.4 is 0 Å². The topological polar surface area (TPSA) is 70.0 Å². The Morgan fingerprint density at radius 2 is 2.06 bits per heavy atom. The highest BCUT2D eigenvalue weighted by Gasteiger charge is 2.43. The van der Waals surface area contributed by atoms with E-state index in [0.717, 1.165) is 17.6 Å². The number of carbonyl (C=O) groups excluding carboxylic acids is 1. The van der Waals surface area contributed by atoms with Crippen LogP contribution in [0.25, 0.3) is 0 Å². The van der Waals surface area contributed by atoms with Gasteiger partial charge in [0.2, 0.25) is 0 Å². The molecular formula is C11H15NO4. The fourth-order valence-electron chi connectivity index (χ4n) is 2.96. The Bertz CT molecular complexity index is 365. The summed E-state index contributed by atoms with van der Waals surface area (Å²) in [4.78, 5) is 13.1. The molecule has 1 amide bonds. The summed E-state index contributed by atoms with van der Waals surface area (Å²) in [7, 11) is 0. The van der Waals surface area contributed by atoms with Gasteiger partial charge >= 0.3 is 6.09 Å². The van der Waals surface area contributed by atoms with E-state index in [1.54, 1.807) is 4.90 Å². The summed E-state index contributed by atoms with van der Waals surface area (Å²) >= 11 is 0. The first-order chi connectivity index (χ1) is 7.68. The summed E-state index contributed by atoms with van der Waals surface area (Å²) < 4.78 is 5.02. The number of rotatable bonds is 0. The van der Waals surface area contributed by atoms with Gasteiger partial charge in [-0.25, -0.2) is 4.79 Å². The third kappa shape index (κ3) is 1.28. The summed E-state index contributed by atoms with van der Waals surface area (Å²) in [5.74, 6) is 0. The number of carbonyl (C=O) groups is 1. The number of hydrogen-bond acceptors (Lipinski definition) is 4. The van der Waals surface area contributed by atoms with Crippen LogP contribution in [0.3, 0.4) is 0 Å². The molecule has 0 aromatic heterocycles. The van der Waals surface area contributed by atoms with Crippen LogP contribution >= 0.6 is 0 Å². The van der Waals surface area contributed by atoms with E-state index in [1.807, 2.05) is 0 Å². The van der Waals surface area contributed by atoms with Crippen LogP contribution in [0, 0.1) is 0 Å². The first kappa shape index (κ1) is 10.1. The highest BCUT2D eigenvalue weighted by molar-refractivity contribution is 5.71. The van der Waals surface area contributed by atoms with Gasteiger partial charge in [-0.15, -0.1) is 0 Å². The van der Waals surface area contributed by atoms with Crippen LogP contribution in [0.2, 0.25) is 0 Å². The minimum Gasteiger partial charge on any atom is -0.447 e. The van der Waals surface area contributed by atoms with Crippen molar-refractivity contribution in [3.63, 3.8) is 0 Å². The molecule has 0 aromatic rings. The molecule has 2 unspecified atom stereocenters. The van der Waals surface area contributed by atoms with Gasteiger partial charge in [-0.05, 0) is 30.4 Å². The van der Waals surface area contributed by atoms with Crippen molar-refractivity contribution in [3.8, 4) is 0 Å². The standard InChI is InChI=1S/C11H15NO4/c13-9-2-1-6-7(10(9)14)3-4-12-8(6)5-16-11(12)15/h8-10,13-14H,1-5H2/t8-,9?,10?/m1/s1. The number of hydrogen-bond donors (Lipinski definition) is 2. The largest absolute Gasteiger partial charge is 0.447 e. The zero-order chi connectivity index (χ0) is 11.3. The maximum Gasteiger partial charge on any atom is 0.410 e. The Hall–Kier alpha value is -1.07. The molecule has 2 N–H and O–H groups in total. The van der Waals surface area contributed by atoms with Crippen LogP contribution in [-0.4, -0.2) is 52.6 Å². The van der Waals surface area contributed by atoms with E-state index in [4.69, 9.17) is 4.74 Å². The lowest BCUT2D eigenvalue weighted by atomic mass is 9.80. The van der Waals surface area contributed by atoms with Crippen molar-refractivity contribution in [3.05, 3.63) is 11.1 Å². The summed E-state index contributed by atoms with van der Waals surface area (Å²) in [6.45, 7) is 0.979. The first-order valence-corrected chi connectivity index (χ1v) is 5.70. The lowest BCUT2D eigenvalue weighted by Gasteiger charge is -2.38. The van der Waals surface area contributed by atoms with E-state index in [2.05, 4.69) is 0 Å². The predicted octanol–water partition coefficient (Wildman–Crippen LogP) is 0.0231. The van der Waals surface area contributed by atoms with Crippen LogP contribution in [0.1, 0.15) is 19.3 Å². The molecule has 0 saturated carbocycles. The van der Waals surface area contributed by atoms with Crippen molar-refractivity contribution < 1.29 is 19.7 Å². The van der Waals surface area contributed by atoms with Gasteiger partial charge in [0.1, 0.15) is 12.7 Å². The summed E-state index contributed by atoms with van der Waals surface area (Å²) in [5.41, 5.74) is 2.04. The molecule has 0 radical (unpaired) electrons. The molecule has 2 heterocycles. The minimum absolute atomic E-state index is 0.00148. The molecule has 5 heteroatoms. The highest BCUT2D eigenvalue weighted by Crippen LogP contribution is 2.37. The zero-order valence-electron chi connectivity index (χ0n) is 8.93. The van der Waals surface area contributed by atoms with E-state index in [9.17, 15) is 15.0 Å². The third-order valence-electron chi connectivity index (χ3n) is 3.84. The van der Waals surface area contributed by atoms with Gasteiger partial charge in [0.15, 0.2) is 0 Å². The average Bonchev–Trinajstić information content (AvgIpc) is 2.66. The number of aliphatic hydroxyl groups excluding tert-OH is 2. The van der Waals surface area contributed by atoms with Gasteiger partial charge in [-0.3, -0.25) is 4.90 Å². The Morgan fingerprint density at radius 3 is 2.88 bits per heavy atom. The molecule has 0 aromatic carbocycles. The van der Waals surface area contributed by atoms with E-state index in [-0.39, 0.29) is 12.1 Å². The van der Waals surface area contributed by atoms with Gasteiger partial charge in [0.05, 0.1) is 12.1 Å². The number of aliphatic hydroxyl groups is 2. The van der Waals surface area contributed by atoms with E-state index >= 15 is 0 Å². The van der Waals surface area contributed by atoms with Crippen molar-refractivity contribution in [2.45, 2.75) is 37.5 Å². The van der Waals surface area contributed by atoms with Gasteiger partial charge in [-0.1, -0.05) is 0 Å². The molecule has 3 rings (SSSR count). The van der Waals surface area contributed by atoms with Crippen molar-refractivity contribution in [2.24, 2.45) is 0 Å². The quantitative estimate of drug-likeness (QED) is 0.570. The number of ether oxygens (including phenoxy) is 1. The molecule has 3 aliphatic rings. The van der Waals surface area contributed by atoms with E-state index in [1.165, 1.54) is 0 Å². The van der Waals surface area contributed by atoms with Gasteiger partial charge in [0.25, 0.3) is 0 Å². The molecule has 5 nitrogen and oxygen atoms in total. The second-order valence-electron chi connectivity index (χ2n) is 4.64. The van der Waals surface area contributed by atoms with E-state index < -0.39 is 12.2 Å².